The maximum Gasteiger partial charge on any atom is 0.234 e. The van der Waals surface area contributed by atoms with Gasteiger partial charge in [-0.1, -0.05) is 12.1 Å². The minimum atomic E-state index is 0.173. The average Bonchev–Trinajstić information content (AvgIpc) is 3.37. The number of nitrogens with zero attached hydrogens (tertiary/aromatic N) is 9. The van der Waals surface area contributed by atoms with E-state index in [1.54, 1.807) is 30.6 Å². The molecule has 0 unspecified atom stereocenters. The molecular weight excluding hydrogens is 502 g/mol. The SMILES string of the molecule is N#Cc1ccc2nc(-c3cccnc3N)n(-c3ccc(CN4CCC(Nc5ccnc(C#N)n5)CC4)cc3)c2n1. The number of anilines is 2. The Hall–Kier alpha value is -5.39. The van der Waals surface area contributed by atoms with Crippen LogP contribution in [0.25, 0.3) is 28.2 Å². The molecule has 0 atom stereocenters. The molecule has 0 spiro atoms. The summed E-state index contributed by atoms with van der Waals surface area (Å²) in [6, 6.07) is 21.7. The largest absolute Gasteiger partial charge is 0.383 e. The van der Waals surface area contributed by atoms with Gasteiger partial charge in [0.1, 0.15) is 35.0 Å². The summed E-state index contributed by atoms with van der Waals surface area (Å²) in [5.41, 5.74) is 10.5. The number of fused-ring (bicyclic) bond motifs is 1. The topological polar surface area (TPSA) is 158 Å². The molecule has 196 valence electrons. The first kappa shape index (κ1) is 24.9. The first-order valence-electron chi connectivity index (χ1n) is 12.9. The highest BCUT2D eigenvalue weighted by molar-refractivity contribution is 5.83. The van der Waals surface area contributed by atoms with Gasteiger partial charge in [-0.25, -0.2) is 24.9 Å². The first-order valence-corrected chi connectivity index (χ1v) is 12.9. The number of nitrogens with two attached hydrogens (primary N) is 1. The number of nitrogen functional groups attached to an aromatic ring is 1. The van der Waals surface area contributed by atoms with Crippen LogP contribution in [0.2, 0.25) is 0 Å². The summed E-state index contributed by atoms with van der Waals surface area (Å²) in [4.78, 5) is 24.2. The summed E-state index contributed by atoms with van der Waals surface area (Å²) in [5, 5.41) is 21.9. The zero-order valence-corrected chi connectivity index (χ0v) is 21.6. The van der Waals surface area contributed by atoms with Gasteiger partial charge in [0.05, 0.1) is 5.56 Å². The van der Waals surface area contributed by atoms with E-state index in [4.69, 9.17) is 16.0 Å². The molecular formula is C29H25N11. The molecule has 5 aromatic rings. The molecule has 6 rings (SSSR count). The smallest absolute Gasteiger partial charge is 0.234 e. The second-order valence-electron chi connectivity index (χ2n) is 9.60. The van der Waals surface area contributed by atoms with Gasteiger partial charge in [0.25, 0.3) is 0 Å². The Morgan fingerprint density at radius 3 is 2.48 bits per heavy atom. The second-order valence-corrected chi connectivity index (χ2v) is 9.60. The van der Waals surface area contributed by atoms with Gasteiger partial charge in [-0.15, -0.1) is 0 Å². The van der Waals surface area contributed by atoms with E-state index in [1.807, 2.05) is 34.9 Å². The summed E-state index contributed by atoms with van der Waals surface area (Å²) < 4.78 is 1.93. The van der Waals surface area contributed by atoms with Crippen LogP contribution in [0.3, 0.4) is 0 Å². The molecule has 40 heavy (non-hydrogen) atoms. The van der Waals surface area contributed by atoms with Crippen LogP contribution in [-0.4, -0.2) is 53.5 Å². The van der Waals surface area contributed by atoms with Crippen molar-refractivity contribution < 1.29 is 0 Å². The van der Waals surface area contributed by atoms with Gasteiger partial charge in [-0.3, -0.25) is 9.47 Å². The van der Waals surface area contributed by atoms with Gasteiger partial charge in [0.15, 0.2) is 11.5 Å². The molecule has 5 heterocycles. The van der Waals surface area contributed by atoms with Crippen LogP contribution in [0.5, 0.6) is 0 Å². The monoisotopic (exact) mass is 527 g/mol. The standard InChI is InChI=1S/C29H25N11/c30-16-21-5-8-24-29(36-21)40(28(37-24)23-2-1-12-34-27(23)32)22-6-3-19(4-7-22)18-39-14-10-20(11-15-39)35-25-9-13-33-26(17-31)38-25/h1-9,12-13,20H,10-11,14-15,18H2,(H2,32,34)(H,33,35,38). The van der Waals surface area contributed by atoms with Gasteiger partial charge in [-0.05, 0) is 60.9 Å². The van der Waals surface area contributed by atoms with E-state index in [0.717, 1.165) is 38.2 Å². The minimum Gasteiger partial charge on any atom is -0.383 e. The fraction of sp³-hybridized carbons (Fsp3) is 0.207. The molecule has 3 N–H and O–H groups in total. The van der Waals surface area contributed by atoms with E-state index < -0.39 is 0 Å². The lowest BCUT2D eigenvalue weighted by Gasteiger charge is -2.32. The number of likely N-dealkylation sites (tertiary alicyclic amines) is 1. The quantitative estimate of drug-likeness (QED) is 0.334. The van der Waals surface area contributed by atoms with Crippen LogP contribution in [0, 0.1) is 22.7 Å². The lowest BCUT2D eigenvalue weighted by Crippen LogP contribution is -2.38. The summed E-state index contributed by atoms with van der Waals surface area (Å²) in [5.74, 6) is 1.86. The predicted molar refractivity (Wildman–Crippen MR) is 150 cm³/mol. The number of nitrogens with one attached hydrogen (secondary N) is 1. The summed E-state index contributed by atoms with van der Waals surface area (Å²) in [6.07, 6.45) is 5.21. The maximum absolute atomic E-state index is 9.43. The van der Waals surface area contributed by atoms with Crippen LogP contribution in [0.1, 0.15) is 29.9 Å². The minimum absolute atomic E-state index is 0.173. The molecule has 1 aliphatic heterocycles. The number of aromatic nitrogens is 6. The normalized spacial score (nSPS) is 14.1. The summed E-state index contributed by atoms with van der Waals surface area (Å²) in [6.45, 7) is 2.74. The molecule has 1 saturated heterocycles. The van der Waals surface area contributed by atoms with E-state index in [1.165, 1.54) is 5.56 Å². The van der Waals surface area contributed by atoms with Gasteiger partial charge in [0.2, 0.25) is 5.82 Å². The molecule has 1 aromatic carbocycles. The number of nitriles is 2. The number of piperidine rings is 1. The molecule has 1 aliphatic rings. The third-order valence-corrected chi connectivity index (χ3v) is 6.99. The Morgan fingerprint density at radius 2 is 1.73 bits per heavy atom. The lowest BCUT2D eigenvalue weighted by molar-refractivity contribution is 0.211. The number of imidazole rings is 1. The molecule has 11 heteroatoms. The zero-order valence-electron chi connectivity index (χ0n) is 21.6. The molecule has 0 amide bonds. The van der Waals surface area contributed by atoms with E-state index in [-0.39, 0.29) is 5.82 Å². The van der Waals surface area contributed by atoms with Crippen molar-refractivity contribution in [2.75, 3.05) is 24.1 Å². The second kappa shape index (κ2) is 10.8. The van der Waals surface area contributed by atoms with Crippen molar-refractivity contribution >= 4 is 22.8 Å². The van der Waals surface area contributed by atoms with Crippen LogP contribution < -0.4 is 11.1 Å². The third-order valence-electron chi connectivity index (χ3n) is 6.99. The average molecular weight is 528 g/mol. The summed E-state index contributed by atoms with van der Waals surface area (Å²) >= 11 is 0. The number of rotatable bonds is 6. The molecule has 0 saturated carbocycles. The molecule has 4 aromatic heterocycles. The number of hydrogen-bond acceptors (Lipinski definition) is 10. The first-order chi connectivity index (χ1) is 19.6. The Morgan fingerprint density at radius 1 is 0.900 bits per heavy atom. The number of pyridine rings is 2. The highest BCUT2D eigenvalue weighted by atomic mass is 15.2. The number of hydrogen-bond donors (Lipinski definition) is 2. The van der Waals surface area contributed by atoms with Gasteiger partial charge >= 0.3 is 0 Å². The fourth-order valence-electron chi connectivity index (χ4n) is 5.00. The molecule has 0 aliphatic carbocycles. The Bertz CT molecular complexity index is 1750. The van der Waals surface area contributed by atoms with Gasteiger partial charge in [0, 0.05) is 43.8 Å². The molecule has 11 nitrogen and oxygen atoms in total. The molecule has 1 fully saturated rings. The lowest BCUT2D eigenvalue weighted by atomic mass is 10.0. The Balaban J connectivity index is 1.19. The van der Waals surface area contributed by atoms with Crippen molar-refractivity contribution in [3.63, 3.8) is 0 Å². The highest BCUT2D eigenvalue weighted by Crippen LogP contribution is 2.30. The number of benzene rings is 1. The van der Waals surface area contributed by atoms with E-state index in [9.17, 15) is 5.26 Å². The summed E-state index contributed by atoms with van der Waals surface area (Å²) in [7, 11) is 0. The Labute approximate surface area is 230 Å². The van der Waals surface area contributed by atoms with Crippen molar-refractivity contribution in [1.82, 2.24) is 34.4 Å². The Kier molecular flexibility index (Phi) is 6.71. The van der Waals surface area contributed by atoms with E-state index in [0.29, 0.717) is 45.9 Å². The fourth-order valence-corrected chi connectivity index (χ4v) is 5.00. The zero-order chi connectivity index (χ0) is 27.5. The van der Waals surface area contributed by atoms with Crippen LogP contribution >= 0.6 is 0 Å². The van der Waals surface area contributed by atoms with Crippen molar-refractivity contribution in [1.29, 1.82) is 10.5 Å². The maximum atomic E-state index is 9.43. The van der Waals surface area contributed by atoms with Gasteiger partial charge in [-0.2, -0.15) is 10.5 Å². The third kappa shape index (κ3) is 5.01. The van der Waals surface area contributed by atoms with Gasteiger partial charge < -0.3 is 11.1 Å². The van der Waals surface area contributed by atoms with Crippen molar-refractivity contribution in [3.8, 4) is 29.2 Å². The van der Waals surface area contributed by atoms with Crippen LogP contribution in [0.15, 0.2) is 67.0 Å². The van der Waals surface area contributed by atoms with E-state index in [2.05, 4.69) is 48.4 Å². The van der Waals surface area contributed by atoms with Crippen molar-refractivity contribution in [2.24, 2.45) is 0 Å². The van der Waals surface area contributed by atoms with Crippen molar-refractivity contribution in [2.45, 2.75) is 25.4 Å². The van der Waals surface area contributed by atoms with Crippen LogP contribution in [0.4, 0.5) is 11.6 Å². The van der Waals surface area contributed by atoms with Crippen molar-refractivity contribution in [3.05, 3.63) is 84.1 Å². The predicted octanol–water partition coefficient (Wildman–Crippen LogP) is 3.67. The molecule has 0 radical (unpaired) electrons. The van der Waals surface area contributed by atoms with Crippen LogP contribution in [-0.2, 0) is 6.54 Å². The van der Waals surface area contributed by atoms with E-state index >= 15 is 0 Å². The highest BCUT2D eigenvalue weighted by Gasteiger charge is 2.21. The molecule has 0 bridgehead atoms.